The van der Waals surface area contributed by atoms with E-state index in [0.29, 0.717) is 19.6 Å². The topological polar surface area (TPSA) is 51.5 Å². The van der Waals surface area contributed by atoms with E-state index < -0.39 is 23.3 Å². The third-order valence-corrected chi connectivity index (χ3v) is 2.94. The summed E-state index contributed by atoms with van der Waals surface area (Å²) in [5.74, 6) is -1.57. The Kier molecular flexibility index (Phi) is 3.34. The number of hydrogen-bond acceptors (Lipinski definition) is 2. The summed E-state index contributed by atoms with van der Waals surface area (Å²) in [6.07, 6.45) is -1.33. The van der Waals surface area contributed by atoms with Crippen LogP contribution in [0.1, 0.15) is 34.8 Å². The fraction of sp³-hybridized carbons (Fsp3) is 0.545. The SMILES string of the molecule is O=C(O)c1cn(C2CCCOC2)cc1C(F)(F)F. The predicted octanol–water partition coefficient (Wildman–Crippen LogP) is 2.56. The second kappa shape index (κ2) is 4.64. The number of carbonyl (C=O) groups is 1. The van der Waals surface area contributed by atoms with E-state index in [1.54, 1.807) is 0 Å². The standard InChI is InChI=1S/C11H12F3NO3/c12-11(13,14)9-5-15(4-8(9)10(16)17)7-2-1-3-18-6-7/h4-5,7H,1-3,6H2,(H,16,17). The summed E-state index contributed by atoms with van der Waals surface area (Å²) >= 11 is 0. The molecule has 0 bridgehead atoms. The maximum absolute atomic E-state index is 12.7. The van der Waals surface area contributed by atoms with Gasteiger partial charge in [-0.3, -0.25) is 0 Å². The molecule has 1 aliphatic rings. The number of aromatic nitrogens is 1. The molecule has 4 nitrogen and oxygen atoms in total. The van der Waals surface area contributed by atoms with Crippen LogP contribution in [0.2, 0.25) is 0 Å². The lowest BCUT2D eigenvalue weighted by atomic mass is 10.1. The van der Waals surface area contributed by atoms with Gasteiger partial charge < -0.3 is 14.4 Å². The van der Waals surface area contributed by atoms with E-state index in [0.717, 1.165) is 18.8 Å². The van der Waals surface area contributed by atoms with Crippen molar-refractivity contribution in [2.24, 2.45) is 0 Å². The molecule has 0 saturated carbocycles. The molecule has 0 aromatic carbocycles. The first-order valence-electron chi connectivity index (χ1n) is 5.49. The van der Waals surface area contributed by atoms with Crippen LogP contribution >= 0.6 is 0 Å². The minimum absolute atomic E-state index is 0.229. The van der Waals surface area contributed by atoms with Gasteiger partial charge in [0, 0.05) is 19.0 Å². The zero-order valence-electron chi connectivity index (χ0n) is 9.41. The molecule has 7 heteroatoms. The summed E-state index contributed by atoms with van der Waals surface area (Å²) in [6, 6.07) is -0.229. The number of carboxylic acids is 1. The first-order valence-corrected chi connectivity index (χ1v) is 5.49. The summed E-state index contributed by atoms with van der Waals surface area (Å²) in [6.45, 7) is 0.903. The number of aromatic carboxylic acids is 1. The summed E-state index contributed by atoms with van der Waals surface area (Å²) in [5, 5.41) is 8.80. The predicted molar refractivity (Wildman–Crippen MR) is 55.5 cm³/mol. The van der Waals surface area contributed by atoms with Gasteiger partial charge in [0.15, 0.2) is 0 Å². The van der Waals surface area contributed by atoms with Crippen molar-refractivity contribution in [3.63, 3.8) is 0 Å². The number of rotatable bonds is 2. The largest absolute Gasteiger partial charge is 0.478 e. The van der Waals surface area contributed by atoms with Crippen LogP contribution in [0.4, 0.5) is 13.2 Å². The Hall–Kier alpha value is -1.50. The molecular formula is C11H12F3NO3. The molecule has 2 heterocycles. The van der Waals surface area contributed by atoms with Crippen molar-refractivity contribution in [3.05, 3.63) is 23.5 Å². The molecular weight excluding hydrogens is 251 g/mol. The van der Waals surface area contributed by atoms with Gasteiger partial charge >= 0.3 is 12.1 Å². The lowest BCUT2D eigenvalue weighted by Gasteiger charge is -2.23. The maximum Gasteiger partial charge on any atom is 0.418 e. The molecule has 1 saturated heterocycles. The van der Waals surface area contributed by atoms with Crippen LogP contribution in [0.25, 0.3) is 0 Å². The van der Waals surface area contributed by atoms with Crippen molar-refractivity contribution in [3.8, 4) is 0 Å². The lowest BCUT2D eigenvalue weighted by molar-refractivity contribution is -0.138. The quantitative estimate of drug-likeness (QED) is 0.892. The fourth-order valence-electron chi connectivity index (χ4n) is 2.04. The van der Waals surface area contributed by atoms with E-state index in [9.17, 15) is 18.0 Å². The average Bonchev–Trinajstić information content (AvgIpc) is 2.74. The number of ether oxygens (including phenoxy) is 1. The molecule has 0 spiro atoms. The minimum atomic E-state index is -4.66. The Balaban J connectivity index is 2.35. The highest BCUT2D eigenvalue weighted by molar-refractivity contribution is 5.89. The van der Waals surface area contributed by atoms with Gasteiger partial charge in [0.25, 0.3) is 0 Å². The first kappa shape index (κ1) is 12.9. The number of carboxylic acid groups (broad SMARTS) is 1. The summed E-state index contributed by atoms with van der Waals surface area (Å²) in [5.41, 5.74) is -1.83. The Labute approximate surface area is 101 Å². The molecule has 0 amide bonds. The molecule has 0 radical (unpaired) electrons. The van der Waals surface area contributed by atoms with E-state index >= 15 is 0 Å². The molecule has 1 N–H and O–H groups in total. The summed E-state index contributed by atoms with van der Waals surface area (Å²) in [4.78, 5) is 10.8. The zero-order chi connectivity index (χ0) is 13.3. The molecule has 1 fully saturated rings. The second-order valence-electron chi connectivity index (χ2n) is 4.21. The van der Waals surface area contributed by atoms with Crippen LogP contribution < -0.4 is 0 Å². The monoisotopic (exact) mass is 263 g/mol. The van der Waals surface area contributed by atoms with Gasteiger partial charge in [0.05, 0.1) is 23.8 Å². The number of hydrogen-bond donors (Lipinski definition) is 1. The van der Waals surface area contributed by atoms with Crippen LogP contribution in [0.5, 0.6) is 0 Å². The van der Waals surface area contributed by atoms with E-state index in [2.05, 4.69) is 0 Å². The van der Waals surface area contributed by atoms with Gasteiger partial charge in [0.2, 0.25) is 0 Å². The Bertz CT molecular complexity index is 447. The van der Waals surface area contributed by atoms with E-state index in [-0.39, 0.29) is 6.04 Å². The molecule has 0 aliphatic carbocycles. The lowest BCUT2D eigenvalue weighted by Crippen LogP contribution is -2.20. The molecule has 1 aromatic rings. The molecule has 1 unspecified atom stereocenters. The highest BCUT2D eigenvalue weighted by Crippen LogP contribution is 2.34. The maximum atomic E-state index is 12.7. The number of alkyl halides is 3. The highest BCUT2D eigenvalue weighted by atomic mass is 19.4. The third-order valence-electron chi connectivity index (χ3n) is 2.94. The van der Waals surface area contributed by atoms with Crippen LogP contribution in [0.15, 0.2) is 12.4 Å². The van der Waals surface area contributed by atoms with Crippen molar-refractivity contribution < 1.29 is 27.8 Å². The van der Waals surface area contributed by atoms with Gasteiger partial charge in [-0.25, -0.2) is 4.79 Å². The minimum Gasteiger partial charge on any atom is -0.478 e. The van der Waals surface area contributed by atoms with Gasteiger partial charge in [0.1, 0.15) is 0 Å². The van der Waals surface area contributed by atoms with Crippen LogP contribution in [0.3, 0.4) is 0 Å². The van der Waals surface area contributed by atoms with Crippen LogP contribution in [-0.2, 0) is 10.9 Å². The number of nitrogens with zero attached hydrogens (tertiary/aromatic N) is 1. The smallest absolute Gasteiger partial charge is 0.418 e. The Morgan fingerprint density at radius 2 is 2.17 bits per heavy atom. The Morgan fingerprint density at radius 1 is 1.44 bits per heavy atom. The van der Waals surface area contributed by atoms with Crippen molar-refractivity contribution in [2.45, 2.75) is 25.1 Å². The van der Waals surface area contributed by atoms with Crippen molar-refractivity contribution in [1.29, 1.82) is 0 Å². The first-order chi connectivity index (χ1) is 8.39. The van der Waals surface area contributed by atoms with Crippen LogP contribution in [0, 0.1) is 0 Å². The fourth-order valence-corrected chi connectivity index (χ4v) is 2.04. The molecule has 1 atom stereocenters. The van der Waals surface area contributed by atoms with E-state index in [1.165, 1.54) is 4.57 Å². The highest BCUT2D eigenvalue weighted by Gasteiger charge is 2.37. The van der Waals surface area contributed by atoms with E-state index in [1.807, 2.05) is 0 Å². The van der Waals surface area contributed by atoms with Crippen molar-refractivity contribution in [1.82, 2.24) is 4.57 Å². The number of halogens is 3. The molecule has 18 heavy (non-hydrogen) atoms. The Morgan fingerprint density at radius 3 is 2.61 bits per heavy atom. The summed E-state index contributed by atoms with van der Waals surface area (Å²) in [7, 11) is 0. The molecule has 2 rings (SSSR count). The van der Waals surface area contributed by atoms with Crippen molar-refractivity contribution >= 4 is 5.97 Å². The normalized spacial score (nSPS) is 20.9. The molecule has 1 aromatic heterocycles. The average molecular weight is 263 g/mol. The van der Waals surface area contributed by atoms with Gasteiger partial charge in [-0.2, -0.15) is 13.2 Å². The van der Waals surface area contributed by atoms with Gasteiger partial charge in [-0.15, -0.1) is 0 Å². The van der Waals surface area contributed by atoms with Gasteiger partial charge in [-0.05, 0) is 12.8 Å². The summed E-state index contributed by atoms with van der Waals surface area (Å²) < 4.78 is 44.5. The zero-order valence-corrected chi connectivity index (χ0v) is 9.41. The third kappa shape index (κ3) is 2.50. The van der Waals surface area contributed by atoms with Crippen molar-refractivity contribution in [2.75, 3.05) is 13.2 Å². The second-order valence-corrected chi connectivity index (χ2v) is 4.21. The van der Waals surface area contributed by atoms with Gasteiger partial charge in [-0.1, -0.05) is 0 Å². The molecule has 1 aliphatic heterocycles. The van der Waals surface area contributed by atoms with E-state index in [4.69, 9.17) is 9.84 Å². The van der Waals surface area contributed by atoms with Crippen LogP contribution in [-0.4, -0.2) is 28.9 Å². The molecule has 100 valence electrons.